The molecule has 5 heteroatoms. The number of likely N-dealkylation sites (tertiary alicyclic amines) is 1. The molecule has 0 saturated carbocycles. The van der Waals surface area contributed by atoms with E-state index >= 15 is 0 Å². The Kier molecular flexibility index (Phi) is 3.38. The summed E-state index contributed by atoms with van der Waals surface area (Å²) in [7, 11) is 1.97. The number of H-pyrrole nitrogens is 1. The first kappa shape index (κ1) is 12.4. The molecule has 0 spiro atoms. The minimum atomic E-state index is 0.457. The standard InChI is InChI=1S/C14H21N5/c1-11-9-15-16-14(11)13-5-3-4-7-19(13)10-12-6-8-18(2)17-12/h6,8-9,13H,3-5,7,10H2,1-2H3,(H,15,16)/t13-/m0/s1. The van der Waals surface area contributed by atoms with Gasteiger partial charge in [0.05, 0.1) is 23.6 Å². The minimum absolute atomic E-state index is 0.457. The number of piperidine rings is 1. The van der Waals surface area contributed by atoms with Crippen LogP contribution in [0.4, 0.5) is 0 Å². The van der Waals surface area contributed by atoms with Gasteiger partial charge in [-0.15, -0.1) is 0 Å². The third-order valence-electron chi connectivity index (χ3n) is 3.95. The molecule has 19 heavy (non-hydrogen) atoms. The second kappa shape index (κ2) is 5.17. The van der Waals surface area contributed by atoms with Crippen LogP contribution in [0.1, 0.15) is 42.3 Å². The van der Waals surface area contributed by atoms with Gasteiger partial charge in [-0.05, 0) is 37.9 Å². The van der Waals surface area contributed by atoms with E-state index in [0.29, 0.717) is 6.04 Å². The van der Waals surface area contributed by atoms with Gasteiger partial charge in [0.25, 0.3) is 0 Å². The van der Waals surface area contributed by atoms with E-state index in [9.17, 15) is 0 Å². The summed E-state index contributed by atoms with van der Waals surface area (Å²) in [5.41, 5.74) is 3.68. The molecule has 2 aromatic rings. The molecule has 3 heterocycles. The van der Waals surface area contributed by atoms with Crippen LogP contribution in [0.2, 0.25) is 0 Å². The molecule has 1 aliphatic heterocycles. The van der Waals surface area contributed by atoms with Gasteiger partial charge in [0.2, 0.25) is 0 Å². The topological polar surface area (TPSA) is 49.7 Å². The van der Waals surface area contributed by atoms with Gasteiger partial charge in [-0.1, -0.05) is 6.42 Å². The van der Waals surface area contributed by atoms with E-state index in [4.69, 9.17) is 0 Å². The molecule has 1 aliphatic rings. The van der Waals surface area contributed by atoms with Crippen molar-refractivity contribution >= 4 is 0 Å². The maximum atomic E-state index is 4.49. The summed E-state index contributed by atoms with van der Waals surface area (Å²) in [6, 6.07) is 2.56. The summed E-state index contributed by atoms with van der Waals surface area (Å²) in [5, 5.41) is 11.8. The number of aromatic nitrogens is 4. The van der Waals surface area contributed by atoms with E-state index in [0.717, 1.165) is 18.8 Å². The zero-order chi connectivity index (χ0) is 13.2. The van der Waals surface area contributed by atoms with Crippen molar-refractivity contribution < 1.29 is 0 Å². The highest BCUT2D eigenvalue weighted by atomic mass is 15.3. The minimum Gasteiger partial charge on any atom is -0.289 e. The number of rotatable bonds is 3. The summed E-state index contributed by atoms with van der Waals surface area (Å²) in [6.45, 7) is 4.19. The van der Waals surface area contributed by atoms with Crippen molar-refractivity contribution in [1.82, 2.24) is 24.9 Å². The molecular weight excluding hydrogens is 238 g/mol. The molecular formula is C14H21N5. The Morgan fingerprint density at radius 2 is 2.32 bits per heavy atom. The van der Waals surface area contributed by atoms with Crippen LogP contribution in [-0.2, 0) is 13.6 Å². The number of nitrogens with one attached hydrogen (secondary N) is 1. The van der Waals surface area contributed by atoms with Crippen LogP contribution >= 0.6 is 0 Å². The van der Waals surface area contributed by atoms with Crippen molar-refractivity contribution in [2.24, 2.45) is 7.05 Å². The predicted molar refractivity (Wildman–Crippen MR) is 73.5 cm³/mol. The third kappa shape index (κ3) is 2.56. The summed E-state index contributed by atoms with van der Waals surface area (Å²) < 4.78 is 1.87. The molecule has 1 N–H and O–H groups in total. The Bertz CT molecular complexity index is 542. The second-order valence-corrected chi connectivity index (χ2v) is 5.43. The van der Waals surface area contributed by atoms with Crippen molar-refractivity contribution in [3.8, 4) is 0 Å². The molecule has 0 bridgehead atoms. The van der Waals surface area contributed by atoms with Gasteiger partial charge in [-0.3, -0.25) is 14.7 Å². The van der Waals surface area contributed by atoms with Crippen LogP contribution in [0.5, 0.6) is 0 Å². The first-order chi connectivity index (χ1) is 9.24. The smallest absolute Gasteiger partial charge is 0.0764 e. The molecule has 0 aromatic carbocycles. The summed E-state index contributed by atoms with van der Waals surface area (Å²) in [6.07, 6.45) is 7.70. The van der Waals surface area contributed by atoms with Crippen molar-refractivity contribution in [3.63, 3.8) is 0 Å². The van der Waals surface area contributed by atoms with Crippen LogP contribution in [0.25, 0.3) is 0 Å². The molecule has 0 radical (unpaired) electrons. The number of aryl methyl sites for hydroxylation is 2. The molecule has 2 aromatic heterocycles. The second-order valence-electron chi connectivity index (χ2n) is 5.43. The van der Waals surface area contributed by atoms with Crippen molar-refractivity contribution in [2.45, 2.75) is 38.8 Å². The van der Waals surface area contributed by atoms with E-state index in [-0.39, 0.29) is 0 Å². The average molecular weight is 259 g/mol. The third-order valence-corrected chi connectivity index (χ3v) is 3.95. The van der Waals surface area contributed by atoms with Crippen LogP contribution in [0.3, 0.4) is 0 Å². The van der Waals surface area contributed by atoms with E-state index in [1.54, 1.807) is 0 Å². The molecule has 0 unspecified atom stereocenters. The molecule has 102 valence electrons. The largest absolute Gasteiger partial charge is 0.289 e. The van der Waals surface area contributed by atoms with E-state index in [1.807, 2.05) is 24.1 Å². The fraction of sp³-hybridized carbons (Fsp3) is 0.571. The molecule has 3 rings (SSSR count). The zero-order valence-electron chi connectivity index (χ0n) is 11.6. The normalized spacial score (nSPS) is 20.8. The average Bonchev–Trinajstić information content (AvgIpc) is 2.99. The van der Waals surface area contributed by atoms with Gasteiger partial charge in [-0.2, -0.15) is 10.2 Å². The summed E-state index contributed by atoms with van der Waals surface area (Å²) >= 11 is 0. The monoisotopic (exact) mass is 259 g/mol. The van der Waals surface area contributed by atoms with Gasteiger partial charge in [0.1, 0.15) is 0 Å². The molecule has 1 fully saturated rings. The maximum Gasteiger partial charge on any atom is 0.0764 e. The lowest BCUT2D eigenvalue weighted by atomic mass is 9.97. The first-order valence-corrected chi connectivity index (χ1v) is 6.96. The Morgan fingerprint density at radius 3 is 3.00 bits per heavy atom. The number of hydrogen-bond acceptors (Lipinski definition) is 3. The van der Waals surface area contributed by atoms with E-state index < -0.39 is 0 Å². The van der Waals surface area contributed by atoms with Gasteiger partial charge < -0.3 is 0 Å². The molecule has 0 aliphatic carbocycles. The Labute approximate surface area is 113 Å². The molecule has 1 saturated heterocycles. The highest BCUT2D eigenvalue weighted by Gasteiger charge is 2.26. The SMILES string of the molecule is Cc1cn[nH]c1[C@@H]1CCCCN1Cc1ccn(C)n1. The zero-order valence-corrected chi connectivity index (χ0v) is 11.6. The fourth-order valence-corrected chi connectivity index (χ4v) is 2.96. The van der Waals surface area contributed by atoms with Crippen LogP contribution in [-0.4, -0.2) is 31.4 Å². The fourth-order valence-electron chi connectivity index (χ4n) is 2.96. The van der Waals surface area contributed by atoms with Crippen LogP contribution in [0, 0.1) is 6.92 Å². The van der Waals surface area contributed by atoms with Gasteiger partial charge >= 0.3 is 0 Å². The van der Waals surface area contributed by atoms with Gasteiger partial charge in [0.15, 0.2) is 0 Å². The predicted octanol–water partition coefficient (Wildman–Crippen LogP) is 2.18. The maximum absolute atomic E-state index is 4.49. The number of aromatic amines is 1. The Morgan fingerprint density at radius 1 is 1.42 bits per heavy atom. The number of nitrogens with zero attached hydrogens (tertiary/aromatic N) is 4. The van der Waals surface area contributed by atoms with E-state index in [1.165, 1.54) is 30.5 Å². The van der Waals surface area contributed by atoms with E-state index in [2.05, 4.69) is 33.2 Å². The highest BCUT2D eigenvalue weighted by molar-refractivity contribution is 5.19. The quantitative estimate of drug-likeness (QED) is 0.919. The lowest BCUT2D eigenvalue weighted by Gasteiger charge is -2.34. The lowest BCUT2D eigenvalue weighted by molar-refractivity contribution is 0.135. The van der Waals surface area contributed by atoms with Crippen LogP contribution < -0.4 is 0 Å². The lowest BCUT2D eigenvalue weighted by Crippen LogP contribution is -2.33. The summed E-state index contributed by atoms with van der Waals surface area (Å²) in [5.74, 6) is 0. The Balaban J connectivity index is 1.79. The summed E-state index contributed by atoms with van der Waals surface area (Å²) in [4.78, 5) is 2.52. The van der Waals surface area contributed by atoms with Crippen molar-refractivity contribution in [2.75, 3.05) is 6.54 Å². The molecule has 1 atom stereocenters. The Hall–Kier alpha value is -1.62. The van der Waals surface area contributed by atoms with Gasteiger partial charge in [-0.25, -0.2) is 0 Å². The van der Waals surface area contributed by atoms with Crippen LogP contribution in [0.15, 0.2) is 18.5 Å². The van der Waals surface area contributed by atoms with Crippen molar-refractivity contribution in [1.29, 1.82) is 0 Å². The first-order valence-electron chi connectivity index (χ1n) is 6.96. The molecule has 0 amide bonds. The van der Waals surface area contributed by atoms with Crippen molar-refractivity contribution in [3.05, 3.63) is 35.4 Å². The number of hydrogen-bond donors (Lipinski definition) is 1. The highest BCUT2D eigenvalue weighted by Crippen LogP contribution is 2.32. The molecule has 5 nitrogen and oxygen atoms in total. The van der Waals surface area contributed by atoms with Gasteiger partial charge in [0, 0.05) is 19.8 Å².